The number of aromatic nitrogens is 1. The minimum atomic E-state index is -0.927. The number of benzene rings is 1. The van der Waals surface area contributed by atoms with Gasteiger partial charge in [0.05, 0.1) is 33.5 Å². The minimum Gasteiger partial charge on any atom is -0.493 e. The van der Waals surface area contributed by atoms with Crippen molar-refractivity contribution in [3.05, 3.63) is 28.5 Å². The normalized spacial score (nSPS) is 11.8. The molecule has 0 saturated carbocycles. The average molecular weight is 414 g/mol. The Hall–Kier alpha value is -2.46. The molecule has 0 aliphatic heterocycles. The molecule has 28 heavy (non-hydrogen) atoms. The van der Waals surface area contributed by atoms with Crippen LogP contribution in [0.1, 0.15) is 16.2 Å². The third-order valence-electron chi connectivity index (χ3n) is 4.12. The van der Waals surface area contributed by atoms with Crippen LogP contribution in [0.4, 0.5) is 0 Å². The number of methoxy groups -OCH3 is 4. The zero-order valence-corrected chi connectivity index (χ0v) is 16.8. The molecule has 5 N–H and O–H groups in total. The summed E-state index contributed by atoms with van der Waals surface area (Å²) in [6.45, 7) is 0.176. The minimum absolute atomic E-state index is 0.0211. The lowest BCUT2D eigenvalue weighted by atomic mass is 10.0. The number of aliphatic hydroxyl groups excluding tert-OH is 1. The second-order valence-electron chi connectivity index (χ2n) is 5.67. The summed E-state index contributed by atoms with van der Waals surface area (Å²) < 4.78 is 21.0. The van der Waals surface area contributed by atoms with Crippen LogP contribution in [0.25, 0.3) is 11.1 Å². The summed E-state index contributed by atoms with van der Waals surface area (Å²) in [6, 6.07) is 3.43. The van der Waals surface area contributed by atoms with E-state index in [9.17, 15) is 9.90 Å². The van der Waals surface area contributed by atoms with Gasteiger partial charge >= 0.3 is 5.97 Å². The number of halogens is 1. The molecule has 2 aromatic rings. The zero-order chi connectivity index (χ0) is 20.8. The number of rotatable bonds is 9. The second kappa shape index (κ2) is 9.65. The van der Waals surface area contributed by atoms with Crippen LogP contribution in [-0.2, 0) is 11.3 Å². The molecule has 154 valence electrons. The Morgan fingerprint density at radius 3 is 2.43 bits per heavy atom. The molecule has 1 heterocycles. The Labute approximate surface area is 167 Å². The van der Waals surface area contributed by atoms with Gasteiger partial charge in [-0.25, -0.2) is 4.79 Å². The van der Waals surface area contributed by atoms with Crippen LogP contribution in [0, 0.1) is 0 Å². The first-order chi connectivity index (χ1) is 13.4. The number of H-pyrrole nitrogens is 1. The van der Waals surface area contributed by atoms with Gasteiger partial charge in [-0.1, -0.05) is 11.6 Å². The molecular weight excluding hydrogens is 390 g/mol. The van der Waals surface area contributed by atoms with E-state index in [0.717, 1.165) is 0 Å². The Balaban J connectivity index is 2.69. The van der Waals surface area contributed by atoms with E-state index in [1.165, 1.54) is 28.4 Å². The first kappa shape index (κ1) is 21.8. The second-order valence-corrected chi connectivity index (χ2v) is 6.05. The summed E-state index contributed by atoms with van der Waals surface area (Å²) in [5.41, 5.74) is 7.10. The number of nitrogens with two attached hydrogens (primary N) is 1. The molecule has 0 bridgehead atoms. The van der Waals surface area contributed by atoms with Gasteiger partial charge in [-0.3, -0.25) is 5.32 Å². The smallest absolute Gasteiger partial charge is 0.356 e. The first-order valence-corrected chi connectivity index (χ1v) is 8.70. The van der Waals surface area contributed by atoms with Gasteiger partial charge in [0.15, 0.2) is 11.5 Å². The van der Waals surface area contributed by atoms with E-state index >= 15 is 0 Å². The zero-order valence-electron chi connectivity index (χ0n) is 16.1. The molecule has 2 rings (SSSR count). The lowest BCUT2D eigenvalue weighted by molar-refractivity contribution is 0.0595. The summed E-state index contributed by atoms with van der Waals surface area (Å²) >= 11 is 6.51. The van der Waals surface area contributed by atoms with E-state index in [2.05, 4.69) is 10.3 Å². The molecular formula is C18H24ClN3O6. The van der Waals surface area contributed by atoms with Crippen molar-refractivity contribution in [1.82, 2.24) is 10.3 Å². The number of nitrogens with one attached hydrogen (secondary N) is 2. The number of carbonyl (C=O) groups excluding carboxylic acids is 1. The third kappa shape index (κ3) is 4.17. The Morgan fingerprint density at radius 2 is 1.89 bits per heavy atom. The Morgan fingerprint density at radius 1 is 1.21 bits per heavy atom. The molecule has 9 nitrogen and oxygen atoms in total. The molecule has 0 radical (unpaired) electrons. The van der Waals surface area contributed by atoms with Crippen molar-refractivity contribution in [2.75, 3.05) is 35.0 Å². The molecule has 1 atom stereocenters. The van der Waals surface area contributed by atoms with E-state index in [1.54, 1.807) is 12.1 Å². The molecule has 0 spiro atoms. The molecule has 10 heteroatoms. The van der Waals surface area contributed by atoms with Crippen molar-refractivity contribution in [2.45, 2.75) is 12.8 Å². The number of esters is 1. The predicted molar refractivity (Wildman–Crippen MR) is 104 cm³/mol. The standard InChI is InChI=1S/C18H24ClN3O6/c1-25-11-6-5-9(16(26-2)17(11)27-3)13-10(8-21-12(23)7-20)22-15(14(13)19)18(24)28-4/h5-6,12,21-23H,7-8,20H2,1-4H3. The molecule has 0 fully saturated rings. The van der Waals surface area contributed by atoms with Gasteiger partial charge in [0.25, 0.3) is 0 Å². The molecule has 1 aromatic carbocycles. The van der Waals surface area contributed by atoms with Crippen LogP contribution in [0.15, 0.2) is 12.1 Å². The van der Waals surface area contributed by atoms with Crippen molar-refractivity contribution in [3.8, 4) is 28.4 Å². The van der Waals surface area contributed by atoms with Gasteiger partial charge < -0.3 is 34.8 Å². The molecule has 0 amide bonds. The van der Waals surface area contributed by atoms with Crippen molar-refractivity contribution in [2.24, 2.45) is 5.73 Å². The van der Waals surface area contributed by atoms with Gasteiger partial charge in [-0.2, -0.15) is 0 Å². The molecule has 0 aliphatic carbocycles. The quantitative estimate of drug-likeness (QED) is 0.360. The number of aromatic amines is 1. The highest BCUT2D eigenvalue weighted by Gasteiger charge is 2.27. The van der Waals surface area contributed by atoms with Crippen molar-refractivity contribution in [1.29, 1.82) is 0 Å². The lowest BCUT2D eigenvalue weighted by Crippen LogP contribution is -2.35. The highest BCUT2D eigenvalue weighted by Crippen LogP contribution is 2.47. The van der Waals surface area contributed by atoms with Crippen LogP contribution in [0.5, 0.6) is 17.2 Å². The molecule has 1 unspecified atom stereocenters. The van der Waals surface area contributed by atoms with E-state index in [-0.39, 0.29) is 23.8 Å². The third-order valence-corrected chi connectivity index (χ3v) is 4.50. The van der Waals surface area contributed by atoms with Gasteiger partial charge in [-0.05, 0) is 12.1 Å². The molecule has 0 saturated heterocycles. The maximum atomic E-state index is 12.1. The van der Waals surface area contributed by atoms with Crippen molar-refractivity contribution >= 4 is 17.6 Å². The number of hydrogen-bond acceptors (Lipinski definition) is 8. The van der Waals surface area contributed by atoms with Crippen molar-refractivity contribution < 1.29 is 28.8 Å². The molecule has 0 aliphatic rings. The van der Waals surface area contributed by atoms with Crippen LogP contribution in [0.3, 0.4) is 0 Å². The van der Waals surface area contributed by atoms with E-state index in [1.807, 2.05) is 0 Å². The maximum absolute atomic E-state index is 12.1. The Kier molecular flexibility index (Phi) is 7.53. The maximum Gasteiger partial charge on any atom is 0.356 e. The van der Waals surface area contributed by atoms with Crippen LogP contribution < -0.4 is 25.3 Å². The first-order valence-electron chi connectivity index (χ1n) is 8.32. The highest BCUT2D eigenvalue weighted by molar-refractivity contribution is 6.36. The van der Waals surface area contributed by atoms with Gasteiger partial charge in [0.2, 0.25) is 5.75 Å². The number of hydrogen-bond donors (Lipinski definition) is 4. The average Bonchev–Trinajstić information content (AvgIpc) is 3.05. The fourth-order valence-corrected chi connectivity index (χ4v) is 3.12. The van der Waals surface area contributed by atoms with Crippen LogP contribution >= 0.6 is 11.6 Å². The molecule has 1 aromatic heterocycles. The van der Waals surface area contributed by atoms with Crippen molar-refractivity contribution in [3.63, 3.8) is 0 Å². The van der Waals surface area contributed by atoms with Gasteiger partial charge in [0, 0.05) is 29.9 Å². The van der Waals surface area contributed by atoms with Crippen LogP contribution in [-0.4, -0.2) is 57.3 Å². The summed E-state index contributed by atoms with van der Waals surface area (Å²) in [6.07, 6.45) is -0.927. The summed E-state index contributed by atoms with van der Waals surface area (Å²) in [5, 5.41) is 12.7. The lowest BCUT2D eigenvalue weighted by Gasteiger charge is -2.17. The van der Waals surface area contributed by atoms with Gasteiger partial charge in [0.1, 0.15) is 11.9 Å². The summed E-state index contributed by atoms with van der Waals surface area (Å²) in [4.78, 5) is 15.0. The largest absolute Gasteiger partial charge is 0.493 e. The highest BCUT2D eigenvalue weighted by atomic mass is 35.5. The number of aliphatic hydroxyl groups is 1. The van der Waals surface area contributed by atoms with Gasteiger partial charge in [-0.15, -0.1) is 0 Å². The van der Waals surface area contributed by atoms with Crippen LogP contribution in [0.2, 0.25) is 5.02 Å². The fourth-order valence-electron chi connectivity index (χ4n) is 2.78. The fraction of sp³-hybridized carbons (Fsp3) is 0.389. The Bertz CT molecular complexity index is 839. The van der Waals surface area contributed by atoms with E-state index in [0.29, 0.717) is 34.1 Å². The number of ether oxygens (including phenoxy) is 4. The summed E-state index contributed by atoms with van der Waals surface area (Å²) in [5.74, 6) is 0.595. The topological polar surface area (TPSA) is 128 Å². The monoisotopic (exact) mass is 413 g/mol. The SMILES string of the molecule is COC(=O)c1[nH]c(CNC(O)CN)c(-c2ccc(OC)c(OC)c2OC)c1Cl. The summed E-state index contributed by atoms with van der Waals surface area (Å²) in [7, 11) is 5.74. The van der Waals surface area contributed by atoms with E-state index in [4.69, 9.17) is 36.3 Å². The predicted octanol–water partition coefficient (Wildman–Crippen LogP) is 1.51. The van der Waals surface area contributed by atoms with E-state index < -0.39 is 12.2 Å². The number of carbonyl (C=O) groups is 1.